The van der Waals surface area contributed by atoms with Crippen molar-refractivity contribution in [3.05, 3.63) is 34.0 Å². The molecule has 184 valence electrons. The van der Waals surface area contributed by atoms with Gasteiger partial charge in [0, 0.05) is 9.68 Å². The molecule has 0 fully saturated rings. The summed E-state index contributed by atoms with van der Waals surface area (Å²) in [5, 5.41) is 23.9. The van der Waals surface area contributed by atoms with Crippen molar-refractivity contribution >= 4 is 12.0 Å². The third-order valence-electron chi connectivity index (χ3n) is 3.77. The molecular weight excluding hydrogens is 472 g/mol. The van der Waals surface area contributed by atoms with Crippen molar-refractivity contribution in [2.24, 2.45) is 5.28 Å². The van der Waals surface area contributed by atoms with Crippen LogP contribution >= 0.6 is 0 Å². The topological polar surface area (TPSA) is 116 Å². The monoisotopic (exact) mass is 492 g/mol. The molecule has 16 heteroatoms. The highest BCUT2D eigenvalue weighted by Gasteiger charge is 2.49. The number of esters is 1. The van der Waals surface area contributed by atoms with E-state index in [0.29, 0.717) is 18.2 Å². The van der Waals surface area contributed by atoms with Crippen LogP contribution in [0.1, 0.15) is 15.2 Å². The number of ether oxygens (including phenoxy) is 3. The van der Waals surface area contributed by atoms with Crippen molar-refractivity contribution < 1.29 is 64.4 Å². The number of aryl methyl sites for hydroxylation is 1. The number of aliphatic hydroxyl groups is 1. The van der Waals surface area contributed by atoms with Crippen molar-refractivity contribution in [2.75, 3.05) is 27.0 Å². The summed E-state index contributed by atoms with van der Waals surface area (Å²) in [6, 6.07) is 0.873. The molecule has 2 rings (SSSR count). The molecule has 33 heavy (non-hydrogen) atoms. The van der Waals surface area contributed by atoms with Crippen LogP contribution < -0.4 is 9.47 Å². The lowest BCUT2D eigenvalue weighted by Crippen LogP contribution is -2.41. The van der Waals surface area contributed by atoms with Crippen LogP contribution in [0.5, 0.6) is 11.5 Å². The maximum atomic E-state index is 13.6. The van der Waals surface area contributed by atoms with Gasteiger partial charge in [0.1, 0.15) is 11.5 Å². The first-order valence-corrected chi connectivity index (χ1v) is 8.62. The SMILES string of the molecule is [2H]C([2H])([2H])c1cc(OC(F)(F)F)cc2c1O[C@H](C(F)(F)F)C(C(=O)OCO/N=[N+](/[O-])N(C)CCO)=C2. The molecular formula is C17H17F6N3O7. The number of hydrazine groups is 1. The zero-order valence-corrected chi connectivity index (χ0v) is 16.4. The molecule has 1 aromatic rings. The Hall–Kier alpha value is -3.43. The van der Waals surface area contributed by atoms with E-state index in [2.05, 4.69) is 19.6 Å². The summed E-state index contributed by atoms with van der Waals surface area (Å²) in [6.07, 6.45) is -13.2. The van der Waals surface area contributed by atoms with Crippen LogP contribution in [0.25, 0.3) is 6.08 Å². The van der Waals surface area contributed by atoms with E-state index in [1.54, 1.807) is 0 Å². The quantitative estimate of drug-likeness (QED) is 0.112. The Morgan fingerprint density at radius 3 is 2.64 bits per heavy atom. The van der Waals surface area contributed by atoms with Gasteiger partial charge >= 0.3 is 18.5 Å². The van der Waals surface area contributed by atoms with Crippen LogP contribution in [-0.4, -0.2) is 66.7 Å². The smallest absolute Gasteiger partial charge is 0.569 e. The predicted molar refractivity (Wildman–Crippen MR) is 94.1 cm³/mol. The maximum absolute atomic E-state index is 13.6. The molecule has 0 radical (unpaired) electrons. The van der Waals surface area contributed by atoms with E-state index in [-0.39, 0.29) is 11.5 Å². The number of hydrogen-bond donors (Lipinski definition) is 1. The number of carbonyl (C=O) groups is 1. The van der Waals surface area contributed by atoms with Gasteiger partial charge < -0.3 is 29.4 Å². The van der Waals surface area contributed by atoms with Crippen molar-refractivity contribution in [3.8, 4) is 11.5 Å². The number of alkyl halides is 6. The second-order valence-corrected chi connectivity index (χ2v) is 6.19. The number of hydrogen-bond acceptors (Lipinski definition) is 8. The van der Waals surface area contributed by atoms with Gasteiger partial charge in [-0.2, -0.15) is 13.2 Å². The zero-order chi connectivity index (χ0) is 27.5. The second-order valence-electron chi connectivity index (χ2n) is 6.19. The summed E-state index contributed by atoms with van der Waals surface area (Å²) in [4.78, 5) is 16.5. The number of likely N-dealkylation sites (N-methyl/N-ethyl adjacent to an activating group) is 1. The van der Waals surface area contributed by atoms with E-state index in [4.69, 9.17) is 14.0 Å². The second kappa shape index (κ2) is 10.0. The van der Waals surface area contributed by atoms with E-state index in [1.165, 1.54) is 7.05 Å². The molecule has 10 nitrogen and oxygen atoms in total. The van der Waals surface area contributed by atoms with Gasteiger partial charge in [0.25, 0.3) is 6.79 Å². The lowest BCUT2D eigenvalue weighted by atomic mass is 9.99. The summed E-state index contributed by atoms with van der Waals surface area (Å²) in [7, 11) is 1.20. The molecule has 1 aliphatic heterocycles. The molecule has 0 spiro atoms. The Morgan fingerprint density at radius 2 is 2.06 bits per heavy atom. The van der Waals surface area contributed by atoms with Crippen LogP contribution in [0, 0.1) is 12.1 Å². The molecule has 1 heterocycles. The van der Waals surface area contributed by atoms with E-state index < -0.39 is 73.1 Å². The maximum Gasteiger partial charge on any atom is 0.573 e. The number of aliphatic hydroxyl groups excluding tert-OH is 1. The Balaban J connectivity index is 2.40. The summed E-state index contributed by atoms with van der Waals surface area (Å²) in [5.74, 6) is -3.75. The van der Waals surface area contributed by atoms with Crippen molar-refractivity contribution in [2.45, 2.75) is 25.5 Å². The van der Waals surface area contributed by atoms with Crippen LogP contribution in [-0.2, 0) is 14.4 Å². The number of nitrogens with zero attached hydrogens (tertiary/aromatic N) is 3. The Bertz CT molecular complexity index is 1030. The fourth-order valence-electron chi connectivity index (χ4n) is 2.42. The van der Waals surface area contributed by atoms with Crippen molar-refractivity contribution in [1.82, 2.24) is 5.01 Å². The Labute approximate surface area is 185 Å². The molecule has 0 saturated heterocycles. The molecule has 0 aromatic heterocycles. The zero-order valence-electron chi connectivity index (χ0n) is 19.4. The summed E-state index contributed by atoms with van der Waals surface area (Å²) < 4.78 is 114. The molecule has 0 amide bonds. The van der Waals surface area contributed by atoms with Gasteiger partial charge in [-0.3, -0.25) is 0 Å². The number of benzene rings is 1. The molecule has 0 aliphatic carbocycles. The summed E-state index contributed by atoms with van der Waals surface area (Å²) >= 11 is 0. The number of carbonyl (C=O) groups excluding carboxylic acids is 1. The van der Waals surface area contributed by atoms with E-state index >= 15 is 0 Å². The molecule has 1 atom stereocenters. The van der Waals surface area contributed by atoms with Gasteiger partial charge in [-0.05, 0) is 30.6 Å². The van der Waals surface area contributed by atoms with E-state index in [0.717, 1.165) is 5.01 Å². The van der Waals surface area contributed by atoms with Gasteiger partial charge in [-0.1, -0.05) is 0 Å². The minimum atomic E-state index is -5.29. The first kappa shape index (κ1) is 21.4. The Morgan fingerprint density at radius 1 is 1.36 bits per heavy atom. The third kappa shape index (κ3) is 7.03. The molecule has 1 aromatic carbocycles. The van der Waals surface area contributed by atoms with Gasteiger partial charge in [0.05, 0.1) is 30.7 Å². The van der Waals surface area contributed by atoms with Gasteiger partial charge in [-0.15, -0.1) is 18.2 Å². The number of halogens is 6. The number of rotatable bonds is 8. The molecule has 0 unspecified atom stereocenters. The summed E-state index contributed by atoms with van der Waals surface area (Å²) in [6.45, 7) is -4.98. The minimum Gasteiger partial charge on any atom is -0.569 e. The first-order chi connectivity index (χ1) is 16.4. The van der Waals surface area contributed by atoms with Crippen molar-refractivity contribution in [1.29, 1.82) is 0 Å². The molecule has 1 aliphatic rings. The third-order valence-corrected chi connectivity index (χ3v) is 3.77. The van der Waals surface area contributed by atoms with Crippen LogP contribution in [0.3, 0.4) is 0 Å². The number of fused-ring (bicyclic) bond motifs is 1. The van der Waals surface area contributed by atoms with E-state index in [1.807, 2.05) is 0 Å². The highest BCUT2D eigenvalue weighted by Crippen LogP contribution is 2.41. The molecule has 0 bridgehead atoms. The fraction of sp³-hybridized carbons (Fsp3) is 0.471. The minimum absolute atomic E-state index is 0.161. The summed E-state index contributed by atoms with van der Waals surface area (Å²) in [5.41, 5.74) is -2.94. The highest BCUT2D eigenvalue weighted by molar-refractivity contribution is 5.96. The lowest BCUT2D eigenvalue weighted by Gasteiger charge is -2.29. The van der Waals surface area contributed by atoms with Crippen LogP contribution in [0.4, 0.5) is 26.3 Å². The fourth-order valence-corrected chi connectivity index (χ4v) is 2.42. The van der Waals surface area contributed by atoms with Gasteiger partial charge in [-0.25, -0.2) is 4.79 Å². The first-order valence-electron chi connectivity index (χ1n) is 10.1. The largest absolute Gasteiger partial charge is 0.573 e. The molecule has 1 N–H and O–H groups in total. The average Bonchev–Trinajstić information content (AvgIpc) is 2.72. The highest BCUT2D eigenvalue weighted by atomic mass is 19.4. The van der Waals surface area contributed by atoms with E-state index in [9.17, 15) is 36.3 Å². The Kier molecular flexibility index (Phi) is 6.50. The standard InChI is InChI=1S/C17H17F6N3O7/c1-9-5-11(33-17(21,22)23)6-10-7-12(14(16(18,19)20)32-13(9)10)15(28)30-8-31-24-26(29)25(2)3-4-27/h5-7,14,27H,3-4,8H2,1-2H3/b26-24+/t14-/m0/s1/i1D3. The molecule has 0 saturated carbocycles. The van der Waals surface area contributed by atoms with Gasteiger partial charge in [0.15, 0.2) is 0 Å². The normalized spacial score (nSPS) is 18.1. The predicted octanol–water partition coefficient (Wildman–Crippen LogP) is 2.83. The van der Waals surface area contributed by atoms with Gasteiger partial charge in [0.2, 0.25) is 11.4 Å². The van der Waals surface area contributed by atoms with Crippen molar-refractivity contribution in [3.63, 3.8) is 0 Å². The average molecular weight is 492 g/mol. The lowest BCUT2D eigenvalue weighted by molar-refractivity contribution is -0.706. The van der Waals surface area contributed by atoms with Crippen LogP contribution in [0.15, 0.2) is 23.0 Å². The van der Waals surface area contributed by atoms with Crippen LogP contribution in [0.2, 0.25) is 0 Å².